The van der Waals surface area contributed by atoms with Crippen molar-refractivity contribution in [3.63, 3.8) is 0 Å². The van der Waals surface area contributed by atoms with Crippen molar-refractivity contribution in [2.75, 3.05) is 6.54 Å². The highest BCUT2D eigenvalue weighted by molar-refractivity contribution is 7.09. The maximum atomic E-state index is 11.9. The fourth-order valence-electron chi connectivity index (χ4n) is 2.95. The molecule has 1 aromatic heterocycles. The zero-order valence-electron chi connectivity index (χ0n) is 13.5. The third kappa shape index (κ3) is 4.95. The molecule has 3 N–H and O–H groups in total. The van der Waals surface area contributed by atoms with Gasteiger partial charge in [0.25, 0.3) is 0 Å². The molecule has 22 heavy (non-hydrogen) atoms. The summed E-state index contributed by atoms with van der Waals surface area (Å²) in [5.74, 6) is 0.284. The molecule has 1 aromatic rings. The van der Waals surface area contributed by atoms with Gasteiger partial charge in [0.1, 0.15) is 0 Å². The van der Waals surface area contributed by atoms with Crippen molar-refractivity contribution in [2.24, 2.45) is 5.92 Å². The number of nitrogens with one attached hydrogen (secondary N) is 2. The third-order valence-corrected chi connectivity index (χ3v) is 5.47. The van der Waals surface area contributed by atoms with Crippen molar-refractivity contribution in [1.29, 1.82) is 0 Å². The molecule has 0 saturated heterocycles. The van der Waals surface area contributed by atoms with Crippen LogP contribution in [0.3, 0.4) is 0 Å². The quantitative estimate of drug-likeness (QED) is 0.753. The monoisotopic (exact) mass is 325 g/mol. The highest BCUT2D eigenvalue weighted by Gasteiger charge is 2.32. The fourth-order valence-corrected chi connectivity index (χ4v) is 3.70. The van der Waals surface area contributed by atoms with Crippen molar-refractivity contribution in [1.82, 2.24) is 15.6 Å². The lowest BCUT2D eigenvalue weighted by Gasteiger charge is -2.35. The molecule has 0 radical (unpaired) electrons. The van der Waals surface area contributed by atoms with Crippen LogP contribution in [-0.4, -0.2) is 28.3 Å². The highest BCUT2D eigenvalue weighted by Crippen LogP contribution is 2.32. The molecule has 5 nitrogen and oxygen atoms in total. The number of hydrogen-bond donors (Lipinski definition) is 3. The van der Waals surface area contributed by atoms with Gasteiger partial charge in [-0.2, -0.15) is 0 Å². The smallest absolute Gasteiger partial charge is 0.315 e. The molecule has 2 rings (SSSR count). The average Bonchev–Trinajstić information content (AvgIpc) is 3.00. The van der Waals surface area contributed by atoms with E-state index in [1.165, 1.54) is 19.3 Å². The Labute approximate surface area is 136 Å². The number of amides is 2. The molecule has 1 aliphatic carbocycles. The van der Waals surface area contributed by atoms with E-state index in [1.807, 2.05) is 12.3 Å². The second-order valence-electron chi connectivity index (χ2n) is 6.31. The molecule has 0 aliphatic heterocycles. The lowest BCUT2D eigenvalue weighted by atomic mass is 9.78. The van der Waals surface area contributed by atoms with Crippen molar-refractivity contribution in [3.8, 4) is 0 Å². The standard InChI is InChI=1S/C16H27N3O2S/c1-3-14-19-13(10-22-14)9-17-15(20)18-11-16(2,21)12-7-5-4-6-8-12/h10,12,21H,3-9,11H2,1-2H3,(H2,17,18,20)/t16-/m0/s1. The van der Waals surface area contributed by atoms with E-state index in [4.69, 9.17) is 0 Å². The van der Waals surface area contributed by atoms with Gasteiger partial charge < -0.3 is 15.7 Å². The van der Waals surface area contributed by atoms with Gasteiger partial charge in [0.15, 0.2) is 0 Å². The van der Waals surface area contributed by atoms with Crippen molar-refractivity contribution < 1.29 is 9.90 Å². The van der Waals surface area contributed by atoms with Gasteiger partial charge in [-0.1, -0.05) is 26.2 Å². The van der Waals surface area contributed by atoms with Crippen molar-refractivity contribution in [2.45, 2.75) is 64.5 Å². The van der Waals surface area contributed by atoms with Crippen molar-refractivity contribution >= 4 is 17.4 Å². The largest absolute Gasteiger partial charge is 0.388 e. The normalized spacial score (nSPS) is 18.7. The van der Waals surface area contributed by atoms with Crippen LogP contribution >= 0.6 is 11.3 Å². The van der Waals surface area contributed by atoms with Gasteiger partial charge in [-0.25, -0.2) is 9.78 Å². The van der Waals surface area contributed by atoms with Gasteiger partial charge in [0.2, 0.25) is 0 Å². The number of rotatable bonds is 6. The lowest BCUT2D eigenvalue weighted by Crippen LogP contribution is -2.49. The van der Waals surface area contributed by atoms with E-state index >= 15 is 0 Å². The second-order valence-corrected chi connectivity index (χ2v) is 7.26. The number of carbonyl (C=O) groups excluding carboxylic acids is 1. The molecular weight excluding hydrogens is 298 g/mol. The maximum Gasteiger partial charge on any atom is 0.315 e. The van der Waals surface area contributed by atoms with E-state index in [9.17, 15) is 9.90 Å². The first-order valence-corrected chi connectivity index (χ1v) is 9.06. The van der Waals surface area contributed by atoms with Crippen LogP contribution in [0.4, 0.5) is 4.79 Å². The predicted octanol–water partition coefficient (Wildman–Crippen LogP) is 2.84. The number of urea groups is 1. The van der Waals surface area contributed by atoms with Crippen molar-refractivity contribution in [3.05, 3.63) is 16.1 Å². The summed E-state index contributed by atoms with van der Waals surface area (Å²) in [7, 11) is 0. The summed E-state index contributed by atoms with van der Waals surface area (Å²) in [4.78, 5) is 16.3. The molecule has 6 heteroatoms. The van der Waals surface area contributed by atoms with Crippen LogP contribution in [0.5, 0.6) is 0 Å². The first kappa shape index (κ1) is 17.2. The Bertz CT molecular complexity index is 481. The van der Waals surface area contributed by atoms with E-state index in [-0.39, 0.29) is 11.9 Å². The zero-order chi connectivity index (χ0) is 16.0. The molecular formula is C16H27N3O2S. The number of aliphatic hydroxyl groups is 1. The van der Waals surface area contributed by atoms with Gasteiger partial charge in [0, 0.05) is 11.9 Å². The van der Waals surface area contributed by atoms with Gasteiger partial charge in [-0.05, 0) is 32.1 Å². The zero-order valence-corrected chi connectivity index (χ0v) is 14.3. The summed E-state index contributed by atoms with van der Waals surface area (Å²) in [5.41, 5.74) is 0.0596. The summed E-state index contributed by atoms with van der Waals surface area (Å²) >= 11 is 1.61. The Morgan fingerprint density at radius 2 is 2.14 bits per heavy atom. The van der Waals surface area contributed by atoms with Crippen LogP contribution in [-0.2, 0) is 13.0 Å². The van der Waals surface area contributed by atoms with E-state index in [1.54, 1.807) is 11.3 Å². The van der Waals surface area contributed by atoms with E-state index < -0.39 is 5.60 Å². The first-order valence-electron chi connectivity index (χ1n) is 8.18. The predicted molar refractivity (Wildman–Crippen MR) is 88.9 cm³/mol. The van der Waals surface area contributed by atoms with Crippen LogP contribution < -0.4 is 10.6 Å². The van der Waals surface area contributed by atoms with Crippen LogP contribution in [0, 0.1) is 5.92 Å². The van der Waals surface area contributed by atoms with Crippen LogP contribution in [0.2, 0.25) is 0 Å². The molecule has 0 bridgehead atoms. The molecule has 1 fully saturated rings. The van der Waals surface area contributed by atoms with E-state index in [0.29, 0.717) is 13.1 Å². The van der Waals surface area contributed by atoms with E-state index in [2.05, 4.69) is 22.5 Å². The maximum absolute atomic E-state index is 11.9. The van der Waals surface area contributed by atoms with Crippen LogP contribution in [0.25, 0.3) is 0 Å². The Morgan fingerprint density at radius 1 is 1.41 bits per heavy atom. The SMILES string of the molecule is CCc1nc(CNC(=O)NC[C@](C)(O)C2CCCCC2)cs1. The summed E-state index contributed by atoms with van der Waals surface area (Å²) in [5, 5.41) is 19.2. The van der Waals surface area contributed by atoms with E-state index in [0.717, 1.165) is 30.0 Å². The number of thiazole rings is 1. The fraction of sp³-hybridized carbons (Fsp3) is 0.750. The molecule has 1 atom stereocenters. The number of aryl methyl sites for hydroxylation is 1. The minimum Gasteiger partial charge on any atom is -0.388 e. The Hall–Kier alpha value is -1.14. The molecule has 0 spiro atoms. The van der Waals surface area contributed by atoms with Gasteiger partial charge in [0.05, 0.1) is 22.8 Å². The molecule has 1 heterocycles. The van der Waals surface area contributed by atoms with Gasteiger partial charge in [-0.15, -0.1) is 11.3 Å². The minimum absolute atomic E-state index is 0.248. The first-order chi connectivity index (χ1) is 10.5. The molecule has 0 unspecified atom stereocenters. The molecule has 0 aromatic carbocycles. The summed E-state index contributed by atoms with van der Waals surface area (Å²) in [6.07, 6.45) is 6.63. The van der Waals surface area contributed by atoms with Crippen LogP contribution in [0.1, 0.15) is 56.7 Å². The highest BCUT2D eigenvalue weighted by atomic mass is 32.1. The Morgan fingerprint density at radius 3 is 2.77 bits per heavy atom. The Kier molecular flexibility index (Phi) is 6.20. The minimum atomic E-state index is -0.826. The number of carbonyl (C=O) groups is 1. The number of nitrogens with zero attached hydrogens (tertiary/aromatic N) is 1. The molecule has 1 saturated carbocycles. The molecule has 124 valence electrons. The topological polar surface area (TPSA) is 74.2 Å². The van der Waals surface area contributed by atoms with Gasteiger partial charge >= 0.3 is 6.03 Å². The summed E-state index contributed by atoms with van der Waals surface area (Å²) in [6.45, 7) is 4.61. The summed E-state index contributed by atoms with van der Waals surface area (Å²) < 4.78 is 0. The summed E-state index contributed by atoms with van der Waals surface area (Å²) in [6, 6.07) is -0.248. The number of hydrogen-bond acceptors (Lipinski definition) is 4. The molecule has 1 aliphatic rings. The number of aromatic nitrogens is 1. The molecule has 2 amide bonds. The lowest BCUT2D eigenvalue weighted by molar-refractivity contribution is -0.0130. The van der Waals surface area contributed by atoms with Crippen LogP contribution in [0.15, 0.2) is 5.38 Å². The average molecular weight is 325 g/mol. The Balaban J connectivity index is 1.72. The third-order valence-electron chi connectivity index (χ3n) is 4.42. The van der Waals surface area contributed by atoms with Gasteiger partial charge in [-0.3, -0.25) is 0 Å². The second kappa shape index (κ2) is 7.92.